The average Bonchev–Trinajstić information content (AvgIpc) is 3.18. The maximum absolute atomic E-state index is 13.1. The predicted octanol–water partition coefficient (Wildman–Crippen LogP) is 3.30. The van der Waals surface area contributed by atoms with E-state index in [1.165, 1.54) is 7.11 Å². The number of rotatable bonds is 4. The lowest BCUT2D eigenvalue weighted by Crippen LogP contribution is -2.53. The Hall–Kier alpha value is -2.56. The number of esters is 1. The molecule has 1 aromatic carbocycles. The van der Waals surface area contributed by atoms with Crippen LogP contribution in [0.15, 0.2) is 36.4 Å². The number of aromatic amines is 1. The fourth-order valence-electron chi connectivity index (χ4n) is 4.65. The molecule has 0 spiro atoms. The SMILES string of the molecule is C=C(CC)C[C@@H]1C[C@@]2(C(=O)OC)c3[nH]c4ccccc4c3CCN2C1=O. The van der Waals surface area contributed by atoms with E-state index in [1.807, 2.05) is 25.1 Å². The Morgan fingerprint density at radius 2 is 2.19 bits per heavy atom. The number of H-pyrrole nitrogens is 1. The first-order chi connectivity index (χ1) is 12.5. The van der Waals surface area contributed by atoms with Crippen molar-refractivity contribution in [1.29, 1.82) is 0 Å². The number of aromatic nitrogens is 1. The van der Waals surface area contributed by atoms with E-state index < -0.39 is 5.54 Å². The minimum atomic E-state index is -1.04. The minimum Gasteiger partial charge on any atom is -0.467 e. The summed E-state index contributed by atoms with van der Waals surface area (Å²) in [7, 11) is 1.40. The lowest BCUT2D eigenvalue weighted by molar-refractivity contribution is -0.159. The number of hydrogen-bond donors (Lipinski definition) is 1. The fourth-order valence-corrected chi connectivity index (χ4v) is 4.65. The first-order valence-corrected chi connectivity index (χ1v) is 9.19. The highest BCUT2D eigenvalue weighted by atomic mass is 16.5. The van der Waals surface area contributed by atoms with Crippen LogP contribution in [0.4, 0.5) is 0 Å². The third kappa shape index (κ3) is 2.16. The summed E-state index contributed by atoms with van der Waals surface area (Å²) in [5.74, 6) is -0.545. The van der Waals surface area contributed by atoms with Gasteiger partial charge in [0.15, 0.2) is 5.54 Å². The van der Waals surface area contributed by atoms with Crippen molar-refractivity contribution in [3.8, 4) is 0 Å². The van der Waals surface area contributed by atoms with Crippen molar-refractivity contribution >= 4 is 22.8 Å². The number of allylic oxidation sites excluding steroid dienone is 1. The summed E-state index contributed by atoms with van der Waals surface area (Å²) in [5.41, 5.74) is 2.95. The van der Waals surface area contributed by atoms with Gasteiger partial charge in [0.2, 0.25) is 5.91 Å². The molecule has 0 bridgehead atoms. The topological polar surface area (TPSA) is 62.4 Å². The second-order valence-electron chi connectivity index (χ2n) is 7.32. The number of fused-ring (bicyclic) bond motifs is 5. The van der Waals surface area contributed by atoms with E-state index in [0.717, 1.165) is 40.6 Å². The molecule has 0 radical (unpaired) electrons. The summed E-state index contributed by atoms with van der Waals surface area (Å²) < 4.78 is 5.20. The Morgan fingerprint density at radius 1 is 1.42 bits per heavy atom. The molecule has 1 saturated heterocycles. The van der Waals surface area contributed by atoms with Gasteiger partial charge >= 0.3 is 5.97 Å². The van der Waals surface area contributed by atoms with E-state index in [0.29, 0.717) is 19.4 Å². The molecule has 5 heteroatoms. The van der Waals surface area contributed by atoms with Gasteiger partial charge in [-0.15, -0.1) is 0 Å². The summed E-state index contributed by atoms with van der Waals surface area (Å²) in [6.07, 6.45) is 2.65. The largest absolute Gasteiger partial charge is 0.467 e. The monoisotopic (exact) mass is 352 g/mol. The van der Waals surface area contributed by atoms with Crippen LogP contribution in [0.5, 0.6) is 0 Å². The van der Waals surface area contributed by atoms with Crippen LogP contribution >= 0.6 is 0 Å². The van der Waals surface area contributed by atoms with Crippen LogP contribution in [0.3, 0.4) is 0 Å². The number of carbonyl (C=O) groups excluding carboxylic acids is 2. The number of ether oxygens (including phenoxy) is 1. The Kier molecular flexibility index (Phi) is 3.90. The summed E-state index contributed by atoms with van der Waals surface area (Å²) in [6, 6.07) is 8.05. The number of amides is 1. The molecule has 4 rings (SSSR count). The number of nitrogens with zero attached hydrogens (tertiary/aromatic N) is 1. The number of nitrogens with one attached hydrogen (secondary N) is 1. The normalized spacial score (nSPS) is 24.5. The van der Waals surface area contributed by atoms with Crippen LogP contribution in [-0.4, -0.2) is 35.4 Å². The maximum Gasteiger partial charge on any atom is 0.338 e. The average molecular weight is 352 g/mol. The molecule has 2 atom stereocenters. The summed E-state index contributed by atoms with van der Waals surface area (Å²) in [5, 5.41) is 1.12. The van der Waals surface area contributed by atoms with Crippen LogP contribution in [0.2, 0.25) is 0 Å². The van der Waals surface area contributed by atoms with E-state index in [-0.39, 0.29) is 17.8 Å². The lowest BCUT2D eigenvalue weighted by atomic mass is 9.82. The number of methoxy groups -OCH3 is 1. The van der Waals surface area contributed by atoms with Crippen molar-refractivity contribution in [3.63, 3.8) is 0 Å². The molecule has 0 unspecified atom stereocenters. The number of para-hydroxylation sites is 1. The molecule has 2 aliphatic rings. The third-order valence-electron chi connectivity index (χ3n) is 5.99. The molecule has 2 aromatic rings. The van der Waals surface area contributed by atoms with E-state index in [9.17, 15) is 9.59 Å². The number of carbonyl (C=O) groups is 2. The van der Waals surface area contributed by atoms with Gasteiger partial charge in [0.25, 0.3) is 0 Å². The highest BCUT2D eigenvalue weighted by Crippen LogP contribution is 2.49. The fraction of sp³-hybridized carbons (Fsp3) is 0.429. The minimum absolute atomic E-state index is 0.0364. The first kappa shape index (κ1) is 16.9. The van der Waals surface area contributed by atoms with E-state index >= 15 is 0 Å². The summed E-state index contributed by atoms with van der Waals surface area (Å²) in [6.45, 7) is 6.64. The van der Waals surface area contributed by atoms with Crippen LogP contribution in [-0.2, 0) is 26.3 Å². The first-order valence-electron chi connectivity index (χ1n) is 9.19. The van der Waals surface area contributed by atoms with Gasteiger partial charge in [-0.25, -0.2) is 4.79 Å². The number of hydrogen-bond acceptors (Lipinski definition) is 3. The molecule has 1 fully saturated rings. The second-order valence-corrected chi connectivity index (χ2v) is 7.32. The zero-order valence-corrected chi connectivity index (χ0v) is 15.3. The van der Waals surface area contributed by atoms with Gasteiger partial charge in [-0.3, -0.25) is 4.79 Å². The van der Waals surface area contributed by atoms with Gasteiger partial charge in [0.05, 0.1) is 12.8 Å². The molecule has 136 valence electrons. The molecule has 3 heterocycles. The van der Waals surface area contributed by atoms with Crippen molar-refractivity contribution in [3.05, 3.63) is 47.7 Å². The molecule has 1 amide bonds. The molecular weight excluding hydrogens is 328 g/mol. The van der Waals surface area contributed by atoms with Gasteiger partial charge in [-0.05, 0) is 37.3 Å². The van der Waals surface area contributed by atoms with Gasteiger partial charge < -0.3 is 14.6 Å². The molecule has 1 aromatic heterocycles. The Morgan fingerprint density at radius 3 is 2.92 bits per heavy atom. The Bertz CT molecular complexity index is 913. The molecule has 5 nitrogen and oxygen atoms in total. The Balaban J connectivity index is 1.88. The van der Waals surface area contributed by atoms with Gasteiger partial charge in [0, 0.05) is 23.4 Å². The molecule has 26 heavy (non-hydrogen) atoms. The molecular formula is C21H24N2O3. The molecule has 0 aliphatic carbocycles. The second kappa shape index (κ2) is 6.01. The lowest BCUT2D eigenvalue weighted by Gasteiger charge is -2.39. The van der Waals surface area contributed by atoms with Crippen molar-refractivity contribution in [2.75, 3.05) is 13.7 Å². The highest BCUT2D eigenvalue weighted by Gasteiger charge is 2.60. The van der Waals surface area contributed by atoms with Crippen molar-refractivity contribution in [1.82, 2.24) is 9.88 Å². The van der Waals surface area contributed by atoms with Crippen LogP contribution in [0.1, 0.15) is 37.4 Å². The van der Waals surface area contributed by atoms with Gasteiger partial charge in [-0.1, -0.05) is 37.3 Å². The van der Waals surface area contributed by atoms with Gasteiger partial charge in [0.1, 0.15) is 0 Å². The quantitative estimate of drug-likeness (QED) is 0.678. The summed E-state index contributed by atoms with van der Waals surface area (Å²) >= 11 is 0. The smallest absolute Gasteiger partial charge is 0.338 e. The van der Waals surface area contributed by atoms with Crippen LogP contribution < -0.4 is 0 Å². The number of benzene rings is 1. The third-order valence-corrected chi connectivity index (χ3v) is 5.99. The van der Waals surface area contributed by atoms with Gasteiger partial charge in [-0.2, -0.15) is 0 Å². The van der Waals surface area contributed by atoms with Crippen molar-refractivity contribution < 1.29 is 14.3 Å². The molecule has 1 N–H and O–H groups in total. The molecule has 2 aliphatic heterocycles. The zero-order valence-electron chi connectivity index (χ0n) is 15.3. The van der Waals surface area contributed by atoms with E-state index in [1.54, 1.807) is 4.90 Å². The zero-order chi connectivity index (χ0) is 18.5. The van der Waals surface area contributed by atoms with Crippen LogP contribution in [0, 0.1) is 5.92 Å². The predicted molar refractivity (Wildman–Crippen MR) is 99.6 cm³/mol. The highest BCUT2D eigenvalue weighted by molar-refractivity contribution is 5.97. The van der Waals surface area contributed by atoms with Crippen molar-refractivity contribution in [2.24, 2.45) is 5.92 Å². The maximum atomic E-state index is 13.1. The Labute approximate surface area is 153 Å². The molecule has 0 saturated carbocycles. The van der Waals surface area contributed by atoms with Crippen molar-refractivity contribution in [2.45, 2.75) is 38.1 Å². The van der Waals surface area contributed by atoms with E-state index in [2.05, 4.69) is 17.6 Å². The standard InChI is InChI=1S/C21H24N2O3/c1-4-13(2)11-14-12-21(20(25)26-3)18-16(9-10-23(21)19(14)24)15-7-5-6-8-17(15)22-18/h5-8,14,22H,2,4,9-12H2,1,3H3/t14-,21+/m1/s1. The summed E-state index contributed by atoms with van der Waals surface area (Å²) in [4.78, 5) is 31.3. The van der Waals surface area contributed by atoms with Crippen LogP contribution in [0.25, 0.3) is 10.9 Å². The van der Waals surface area contributed by atoms with E-state index in [4.69, 9.17) is 4.74 Å².